The maximum Gasteiger partial charge on any atom is 0.130 e. The molecule has 0 amide bonds. The van der Waals surface area contributed by atoms with Crippen molar-refractivity contribution in [1.29, 1.82) is 0 Å². The van der Waals surface area contributed by atoms with Crippen molar-refractivity contribution >= 4 is 11.5 Å². The van der Waals surface area contributed by atoms with Crippen molar-refractivity contribution in [2.45, 2.75) is 112 Å². The summed E-state index contributed by atoms with van der Waals surface area (Å²) in [6.07, 6.45) is 14.1. The van der Waals surface area contributed by atoms with Gasteiger partial charge in [0.05, 0.1) is 0 Å². The van der Waals surface area contributed by atoms with Gasteiger partial charge in [-0.1, -0.05) is 64.8 Å². The van der Waals surface area contributed by atoms with Gasteiger partial charge in [-0.3, -0.25) is 4.99 Å². The third kappa shape index (κ3) is 5.73. The molecule has 4 saturated carbocycles. The maximum absolute atomic E-state index is 12.8. The molecule has 0 aliphatic heterocycles. The quantitative estimate of drug-likeness (QED) is 0.305. The predicted octanol–water partition coefficient (Wildman–Crippen LogP) is 8.88. The fourth-order valence-corrected chi connectivity index (χ4v) is 9.56. The highest BCUT2D eigenvalue weighted by Gasteiger charge is 2.62. The summed E-state index contributed by atoms with van der Waals surface area (Å²) in [7, 11) is 3.25. The van der Waals surface area contributed by atoms with E-state index in [0.29, 0.717) is 40.8 Å². The number of hydrogen-bond acceptors (Lipinski definition) is 3. The van der Waals surface area contributed by atoms with E-state index in [1.165, 1.54) is 68.2 Å². The van der Waals surface area contributed by atoms with E-state index >= 15 is 0 Å². The van der Waals surface area contributed by atoms with Gasteiger partial charge in [0.25, 0.3) is 0 Å². The zero-order valence-electron chi connectivity index (χ0n) is 25.3. The van der Waals surface area contributed by atoms with Gasteiger partial charge in [0, 0.05) is 38.8 Å². The number of rotatable bonds is 8. The number of fused-ring (bicyclic) bond motifs is 5. The molecule has 8 atom stereocenters. The minimum atomic E-state index is 0.102. The molecule has 210 valence electrons. The first-order chi connectivity index (χ1) is 17.6. The normalized spacial score (nSPS) is 38.8. The summed E-state index contributed by atoms with van der Waals surface area (Å²) in [4.78, 5) is 18.1. The van der Waals surface area contributed by atoms with Crippen molar-refractivity contribution in [3.8, 4) is 0 Å². The molecular weight excluding hydrogens is 454 g/mol. The molecule has 0 N–H and O–H groups in total. The topological polar surface area (TPSA) is 38.7 Å². The van der Waals surface area contributed by atoms with Gasteiger partial charge in [-0.25, -0.2) is 0 Å². The van der Waals surface area contributed by atoms with Crippen LogP contribution in [0, 0.1) is 46.3 Å². The minimum Gasteiger partial charge on any atom is -0.388 e. The van der Waals surface area contributed by atoms with Crippen molar-refractivity contribution in [3.05, 3.63) is 24.3 Å². The van der Waals surface area contributed by atoms with Crippen LogP contribution in [-0.2, 0) is 9.53 Å². The van der Waals surface area contributed by atoms with Crippen LogP contribution < -0.4 is 0 Å². The van der Waals surface area contributed by atoms with E-state index in [1.54, 1.807) is 14.2 Å². The monoisotopic (exact) mass is 511 g/mol. The summed E-state index contributed by atoms with van der Waals surface area (Å²) in [6, 6.07) is 0. The largest absolute Gasteiger partial charge is 0.388 e. The molecule has 3 nitrogen and oxygen atoms in total. The molecule has 4 fully saturated rings. The van der Waals surface area contributed by atoms with Crippen LogP contribution in [-0.4, -0.2) is 32.3 Å². The molecule has 0 aromatic heterocycles. The zero-order valence-corrected chi connectivity index (χ0v) is 25.3. The molecule has 4 rings (SSSR count). The molecular formula is C34H57NO2. The highest BCUT2D eigenvalue weighted by Crippen LogP contribution is 2.69. The highest BCUT2D eigenvalue weighted by atomic mass is 16.4. The molecule has 0 aromatic carbocycles. The Morgan fingerprint density at radius 3 is 2.41 bits per heavy atom. The first-order valence-corrected chi connectivity index (χ1v) is 15.4. The number of nitrogens with zero attached hydrogens (tertiary/aromatic N) is 1. The molecule has 4 aliphatic carbocycles. The van der Waals surface area contributed by atoms with Crippen LogP contribution in [0.1, 0.15) is 112 Å². The number of ether oxygens (including phenoxy) is 1. The number of carbonyl (C=O) groups excluding carboxylic acids is 1. The Kier molecular flexibility index (Phi) is 10.5. The smallest absolute Gasteiger partial charge is 0.130 e. The Bertz CT molecular complexity index is 858. The second-order valence-electron chi connectivity index (χ2n) is 13.2. The number of ketones is 1. The van der Waals surface area contributed by atoms with Gasteiger partial charge in [-0.15, -0.1) is 0 Å². The van der Waals surface area contributed by atoms with Crippen molar-refractivity contribution in [3.63, 3.8) is 0 Å². The summed E-state index contributed by atoms with van der Waals surface area (Å²) in [5.74, 6) is 4.09. The van der Waals surface area contributed by atoms with E-state index in [2.05, 4.69) is 39.0 Å². The number of methoxy groups -OCH3 is 1. The Morgan fingerprint density at radius 2 is 1.81 bits per heavy atom. The van der Waals surface area contributed by atoms with Crippen LogP contribution in [0.3, 0.4) is 0 Å². The predicted molar refractivity (Wildman–Crippen MR) is 158 cm³/mol. The maximum atomic E-state index is 12.8. The van der Waals surface area contributed by atoms with Crippen molar-refractivity contribution in [2.24, 2.45) is 51.3 Å². The third-order valence-electron chi connectivity index (χ3n) is 11.2. The molecule has 37 heavy (non-hydrogen) atoms. The highest BCUT2D eigenvalue weighted by molar-refractivity contribution is 5.89. The molecule has 3 heteroatoms. The van der Waals surface area contributed by atoms with Crippen LogP contribution in [0.4, 0.5) is 0 Å². The number of aliphatic imine (C=N–C) groups is 1. The van der Waals surface area contributed by atoms with Crippen molar-refractivity contribution in [2.75, 3.05) is 20.8 Å². The van der Waals surface area contributed by atoms with Crippen LogP contribution in [0.5, 0.6) is 0 Å². The zero-order chi connectivity index (χ0) is 27.4. The number of carbonyl (C=O) groups is 1. The average Bonchev–Trinajstić information content (AvgIpc) is 3.16. The van der Waals surface area contributed by atoms with E-state index in [4.69, 9.17) is 11.6 Å². The second-order valence-corrected chi connectivity index (χ2v) is 13.2. The molecule has 0 spiro atoms. The Morgan fingerprint density at radius 1 is 1.11 bits per heavy atom. The lowest BCUT2D eigenvalue weighted by Crippen LogP contribution is -2.58. The number of hydrogen-bond donors (Lipinski definition) is 0. The Balaban J connectivity index is 0.00000121. The Hall–Kier alpha value is -1.22. The standard InChI is InChI=1S/C32H51NO.C2H6O/c1-8-11-24(9-2)20-33-29-15-17-32(19-23(6)34)28-14-16-31(7)22(5)12-13-27(31)26(28)18-21(4)30(32)25(29)10-3;1-3-2/h24-28,30H,4-5,8-20H2,1-3,6-7H3;1-2H3. The molecule has 8 unspecified atom stereocenters. The molecule has 0 heterocycles. The van der Waals surface area contributed by atoms with Crippen LogP contribution in [0.2, 0.25) is 0 Å². The molecule has 0 bridgehead atoms. The van der Waals surface area contributed by atoms with Crippen molar-refractivity contribution < 1.29 is 9.53 Å². The fraction of sp³-hybridized carbons (Fsp3) is 0.824. The summed E-state index contributed by atoms with van der Waals surface area (Å²) in [6.45, 7) is 21.6. The van der Waals surface area contributed by atoms with Gasteiger partial charge in [0.1, 0.15) is 5.78 Å². The van der Waals surface area contributed by atoms with Gasteiger partial charge in [-0.05, 0) is 105 Å². The molecule has 0 aromatic rings. The summed E-state index contributed by atoms with van der Waals surface area (Å²) < 4.78 is 4.25. The van der Waals surface area contributed by atoms with Crippen molar-refractivity contribution in [1.82, 2.24) is 0 Å². The van der Waals surface area contributed by atoms with Gasteiger partial charge in [0.15, 0.2) is 0 Å². The number of allylic oxidation sites excluding steroid dienone is 2. The Labute approximate surface area is 229 Å². The third-order valence-corrected chi connectivity index (χ3v) is 11.2. The van der Waals surface area contributed by atoms with E-state index in [-0.39, 0.29) is 5.41 Å². The van der Waals surface area contributed by atoms with Crippen LogP contribution in [0.25, 0.3) is 0 Å². The molecule has 4 aliphatic rings. The van der Waals surface area contributed by atoms with E-state index in [0.717, 1.165) is 38.1 Å². The fourth-order valence-electron chi connectivity index (χ4n) is 9.56. The molecule has 0 saturated heterocycles. The average molecular weight is 512 g/mol. The molecule has 0 radical (unpaired) electrons. The van der Waals surface area contributed by atoms with E-state index in [1.807, 2.05) is 6.92 Å². The minimum absolute atomic E-state index is 0.102. The van der Waals surface area contributed by atoms with Gasteiger partial charge >= 0.3 is 0 Å². The first-order valence-electron chi connectivity index (χ1n) is 15.4. The second kappa shape index (κ2) is 12.8. The summed E-state index contributed by atoms with van der Waals surface area (Å²) in [5, 5.41) is 0. The summed E-state index contributed by atoms with van der Waals surface area (Å²) >= 11 is 0. The van der Waals surface area contributed by atoms with Gasteiger partial charge < -0.3 is 9.53 Å². The van der Waals surface area contributed by atoms with Crippen LogP contribution >= 0.6 is 0 Å². The van der Waals surface area contributed by atoms with E-state index in [9.17, 15) is 4.79 Å². The van der Waals surface area contributed by atoms with Gasteiger partial charge in [0.2, 0.25) is 0 Å². The lowest BCUT2D eigenvalue weighted by Gasteiger charge is -2.63. The lowest BCUT2D eigenvalue weighted by atomic mass is 9.41. The SMILES string of the molecule is C=C1CC2C3CCC(=C)C3(C)CCC2C2(CC(C)=O)CCC(=NCC(CC)CCC)C(CC)C12.COC. The van der Waals surface area contributed by atoms with Gasteiger partial charge in [-0.2, -0.15) is 0 Å². The first kappa shape index (κ1) is 30.3. The number of Topliss-reactive ketones (excluding diaryl/α,β-unsaturated/α-hetero) is 1. The summed E-state index contributed by atoms with van der Waals surface area (Å²) in [5.41, 5.74) is 4.81. The van der Waals surface area contributed by atoms with E-state index < -0.39 is 0 Å². The lowest BCUT2D eigenvalue weighted by molar-refractivity contribution is -0.130. The van der Waals surface area contributed by atoms with Crippen LogP contribution in [0.15, 0.2) is 29.3 Å².